The molecule has 2 fully saturated rings. The first-order valence-electron chi connectivity index (χ1n) is 14.5. The lowest BCUT2D eigenvalue weighted by Gasteiger charge is -2.38. The van der Waals surface area contributed by atoms with Gasteiger partial charge in [0.25, 0.3) is 5.91 Å². The summed E-state index contributed by atoms with van der Waals surface area (Å²) in [7, 11) is 0. The van der Waals surface area contributed by atoms with Crippen LogP contribution in [0, 0.1) is 0 Å². The average Bonchev–Trinajstić information content (AvgIpc) is 3.16. The number of ether oxygens (including phenoxy) is 1. The molecule has 0 bridgehead atoms. The number of Topliss-reactive ketones (excluding diaryl/α,β-unsaturated/α-hetero) is 1. The number of likely N-dealkylation sites (tertiary alicyclic amines) is 2. The van der Waals surface area contributed by atoms with Crippen LogP contribution in [-0.2, 0) is 33.3 Å². The van der Waals surface area contributed by atoms with Gasteiger partial charge in [-0.2, -0.15) is 13.2 Å². The molecular formula is C30H33ClF3N5O5. The predicted octanol–water partition coefficient (Wildman–Crippen LogP) is 4.73. The summed E-state index contributed by atoms with van der Waals surface area (Å²) in [5.41, 5.74) is 5.61. The van der Waals surface area contributed by atoms with Gasteiger partial charge < -0.3 is 30.5 Å². The normalized spacial score (nSPS) is 18.8. The van der Waals surface area contributed by atoms with Crippen LogP contribution in [0.1, 0.15) is 42.4 Å². The van der Waals surface area contributed by atoms with Crippen LogP contribution in [0.4, 0.5) is 34.1 Å². The van der Waals surface area contributed by atoms with Crippen LogP contribution in [-0.4, -0.2) is 83.4 Å². The first-order chi connectivity index (χ1) is 20.9. The van der Waals surface area contributed by atoms with Crippen molar-refractivity contribution in [2.24, 2.45) is 0 Å². The number of carbonyl (C=O) groups is 4. The number of nitrogen functional groups attached to an aromatic ring is 1. The number of piperidine rings is 2. The van der Waals surface area contributed by atoms with E-state index < -0.39 is 35.5 Å². The molecule has 3 heterocycles. The minimum atomic E-state index is -4.79. The number of carbonyl (C=O) groups excluding carboxylic acids is 4. The maximum atomic E-state index is 13.6. The number of nitrogens with one attached hydrogen (secondary N) is 1. The van der Waals surface area contributed by atoms with Gasteiger partial charge in [-0.15, -0.1) is 0 Å². The van der Waals surface area contributed by atoms with E-state index in [0.717, 1.165) is 17.3 Å². The van der Waals surface area contributed by atoms with Crippen LogP contribution in [0.3, 0.4) is 0 Å². The standard InChI is InChI=1S/C30H33ClF3N5O5/c31-23-16-18(15-22(26(23)35)30(32,33)34)17-25(27(41)37-12-8-21(40)9-13-37)44-29(43)38-10-6-20(7-11-38)39-14-5-19-3-1-2-4-24(19)36-28(39)42/h1-4,15-16,20,25H,5-14,17,35H2,(H,36,42). The molecule has 10 nitrogen and oxygen atoms in total. The zero-order chi connectivity index (χ0) is 31.6. The molecule has 236 valence electrons. The van der Waals surface area contributed by atoms with Gasteiger partial charge in [-0.05, 0) is 48.6 Å². The molecule has 0 spiro atoms. The molecule has 1 atom stereocenters. The van der Waals surface area contributed by atoms with Gasteiger partial charge in [0.1, 0.15) is 5.78 Å². The lowest BCUT2D eigenvalue weighted by Crippen LogP contribution is -2.51. The second-order valence-corrected chi connectivity index (χ2v) is 11.6. The van der Waals surface area contributed by atoms with E-state index >= 15 is 0 Å². The van der Waals surface area contributed by atoms with E-state index in [-0.39, 0.29) is 73.9 Å². The van der Waals surface area contributed by atoms with Crippen LogP contribution >= 0.6 is 11.6 Å². The van der Waals surface area contributed by atoms with E-state index in [1.54, 1.807) is 4.90 Å². The quantitative estimate of drug-likeness (QED) is 0.458. The number of nitrogens with two attached hydrogens (primary N) is 1. The number of alkyl halides is 3. The summed E-state index contributed by atoms with van der Waals surface area (Å²) in [6.07, 6.45) is -5.48. The number of urea groups is 1. The van der Waals surface area contributed by atoms with E-state index in [1.807, 2.05) is 24.3 Å². The van der Waals surface area contributed by atoms with Crippen LogP contribution in [0.15, 0.2) is 36.4 Å². The fourth-order valence-corrected chi connectivity index (χ4v) is 6.14. The molecule has 3 N–H and O–H groups in total. The Morgan fingerprint density at radius 1 is 1.00 bits per heavy atom. The summed E-state index contributed by atoms with van der Waals surface area (Å²) in [5.74, 6) is -0.615. The van der Waals surface area contributed by atoms with Gasteiger partial charge in [-0.25, -0.2) is 9.59 Å². The maximum absolute atomic E-state index is 13.6. The second-order valence-electron chi connectivity index (χ2n) is 11.2. The lowest BCUT2D eigenvalue weighted by atomic mass is 10.0. The predicted molar refractivity (Wildman–Crippen MR) is 156 cm³/mol. The number of hydrogen-bond acceptors (Lipinski definition) is 6. The van der Waals surface area contributed by atoms with E-state index in [0.29, 0.717) is 25.8 Å². The molecular weight excluding hydrogens is 603 g/mol. The van der Waals surface area contributed by atoms with Gasteiger partial charge in [0, 0.05) is 63.7 Å². The third-order valence-electron chi connectivity index (χ3n) is 8.37. The number of anilines is 2. The molecule has 3 aliphatic rings. The van der Waals surface area contributed by atoms with E-state index in [1.165, 1.54) is 15.9 Å². The third-order valence-corrected chi connectivity index (χ3v) is 8.69. The Bertz CT molecular complexity index is 1440. The van der Waals surface area contributed by atoms with Crippen molar-refractivity contribution in [1.82, 2.24) is 14.7 Å². The number of amides is 4. The van der Waals surface area contributed by atoms with Crippen LogP contribution in [0.25, 0.3) is 0 Å². The number of halogens is 4. The van der Waals surface area contributed by atoms with Crippen molar-refractivity contribution in [2.45, 2.75) is 56.8 Å². The zero-order valence-electron chi connectivity index (χ0n) is 23.9. The van der Waals surface area contributed by atoms with Crippen LogP contribution in [0.5, 0.6) is 0 Å². The molecule has 4 amide bonds. The second kappa shape index (κ2) is 12.9. The average molecular weight is 636 g/mol. The monoisotopic (exact) mass is 635 g/mol. The largest absolute Gasteiger partial charge is 0.436 e. The fraction of sp³-hybridized carbons (Fsp3) is 0.467. The van der Waals surface area contributed by atoms with Gasteiger partial charge in [-0.3, -0.25) is 9.59 Å². The number of benzene rings is 2. The molecule has 2 aromatic rings. The highest BCUT2D eigenvalue weighted by atomic mass is 35.5. The van der Waals surface area contributed by atoms with Gasteiger partial charge in [-0.1, -0.05) is 29.8 Å². The number of hydrogen-bond donors (Lipinski definition) is 2. The summed E-state index contributed by atoms with van der Waals surface area (Å²) < 4.78 is 46.5. The highest BCUT2D eigenvalue weighted by Gasteiger charge is 2.37. The molecule has 0 radical (unpaired) electrons. The number of rotatable bonds is 5. The Kier molecular flexibility index (Phi) is 9.23. The van der Waals surface area contributed by atoms with Crippen molar-refractivity contribution in [3.63, 3.8) is 0 Å². The fourth-order valence-electron chi connectivity index (χ4n) is 5.89. The lowest BCUT2D eigenvalue weighted by molar-refractivity contribution is -0.143. The maximum Gasteiger partial charge on any atom is 0.418 e. The van der Waals surface area contributed by atoms with Crippen molar-refractivity contribution in [1.29, 1.82) is 0 Å². The van der Waals surface area contributed by atoms with Crippen LogP contribution < -0.4 is 11.1 Å². The SMILES string of the molecule is Nc1c(Cl)cc(CC(OC(=O)N2CCC(N3CCc4ccccc4NC3=O)CC2)C(=O)N2CCC(=O)CC2)cc1C(F)(F)F. The van der Waals surface area contributed by atoms with Crippen molar-refractivity contribution in [3.8, 4) is 0 Å². The molecule has 2 aromatic carbocycles. The van der Waals surface area contributed by atoms with E-state index in [9.17, 15) is 32.3 Å². The first kappa shape index (κ1) is 31.4. The van der Waals surface area contributed by atoms with Crippen molar-refractivity contribution >= 4 is 46.8 Å². The van der Waals surface area contributed by atoms with Crippen molar-refractivity contribution < 1.29 is 37.1 Å². The Labute approximate surface area is 257 Å². The number of fused-ring (bicyclic) bond motifs is 1. The molecule has 14 heteroatoms. The number of nitrogens with zero attached hydrogens (tertiary/aromatic N) is 3. The molecule has 0 aromatic heterocycles. The Hall–Kier alpha value is -4.00. The minimum Gasteiger partial charge on any atom is -0.436 e. The smallest absolute Gasteiger partial charge is 0.418 e. The van der Waals surface area contributed by atoms with Crippen molar-refractivity contribution in [3.05, 3.63) is 58.1 Å². The number of ketones is 1. The van der Waals surface area contributed by atoms with Gasteiger partial charge in [0.2, 0.25) is 0 Å². The summed E-state index contributed by atoms with van der Waals surface area (Å²) in [5, 5.41) is 2.62. The Morgan fingerprint density at radius 3 is 2.36 bits per heavy atom. The Morgan fingerprint density at radius 2 is 1.68 bits per heavy atom. The van der Waals surface area contributed by atoms with Gasteiger partial charge in [0.05, 0.1) is 16.3 Å². The van der Waals surface area contributed by atoms with E-state index in [4.69, 9.17) is 22.1 Å². The summed E-state index contributed by atoms with van der Waals surface area (Å²) in [4.78, 5) is 56.0. The summed E-state index contributed by atoms with van der Waals surface area (Å²) in [6.45, 7) is 1.28. The number of para-hydroxylation sites is 1. The molecule has 0 saturated carbocycles. The highest BCUT2D eigenvalue weighted by Crippen LogP contribution is 2.38. The first-order valence-corrected chi connectivity index (χ1v) is 14.8. The topological polar surface area (TPSA) is 125 Å². The minimum absolute atomic E-state index is 0.00688. The summed E-state index contributed by atoms with van der Waals surface area (Å²) in [6, 6.07) is 9.30. The molecule has 5 rings (SSSR count). The molecule has 3 aliphatic heterocycles. The van der Waals surface area contributed by atoms with Crippen molar-refractivity contribution in [2.75, 3.05) is 43.8 Å². The molecule has 44 heavy (non-hydrogen) atoms. The van der Waals surface area contributed by atoms with Crippen LogP contribution in [0.2, 0.25) is 5.02 Å². The summed E-state index contributed by atoms with van der Waals surface area (Å²) >= 11 is 6.00. The third kappa shape index (κ3) is 7.03. The molecule has 1 unspecified atom stereocenters. The van der Waals surface area contributed by atoms with Gasteiger partial charge in [0.15, 0.2) is 6.10 Å². The highest BCUT2D eigenvalue weighted by molar-refractivity contribution is 6.33. The zero-order valence-corrected chi connectivity index (χ0v) is 24.6. The molecule has 2 saturated heterocycles. The molecule has 0 aliphatic carbocycles. The van der Waals surface area contributed by atoms with E-state index in [2.05, 4.69) is 5.32 Å². The van der Waals surface area contributed by atoms with Gasteiger partial charge >= 0.3 is 18.3 Å². The Balaban J connectivity index is 1.27.